The standard InChI is InChI=1S/C16H16FN3O/c17-15-6-5-11(16(21)19-18)7-14(15)10-20-8-12-3-1-2-4-13(12)9-20/h1-7H,8-10,18H2,(H,19,21). The molecule has 1 aliphatic heterocycles. The Labute approximate surface area is 122 Å². The van der Waals surface area contributed by atoms with E-state index in [4.69, 9.17) is 5.84 Å². The Kier molecular flexibility index (Phi) is 3.68. The summed E-state index contributed by atoms with van der Waals surface area (Å²) < 4.78 is 13.9. The van der Waals surface area contributed by atoms with Crippen molar-refractivity contribution in [3.05, 3.63) is 70.5 Å². The SMILES string of the molecule is NNC(=O)c1ccc(F)c(CN2Cc3ccccc3C2)c1. The third-order valence-corrected chi connectivity index (χ3v) is 3.74. The second-order valence-corrected chi connectivity index (χ2v) is 5.19. The fourth-order valence-electron chi connectivity index (χ4n) is 2.68. The lowest BCUT2D eigenvalue weighted by Crippen LogP contribution is -2.30. The number of nitrogen functional groups attached to an aromatic ring is 1. The van der Waals surface area contributed by atoms with E-state index in [0.29, 0.717) is 17.7 Å². The third kappa shape index (κ3) is 2.79. The summed E-state index contributed by atoms with van der Waals surface area (Å²) in [7, 11) is 0. The molecule has 0 aliphatic carbocycles. The van der Waals surface area contributed by atoms with Crippen molar-refractivity contribution in [3.63, 3.8) is 0 Å². The molecule has 0 atom stereocenters. The van der Waals surface area contributed by atoms with Crippen LogP contribution in [-0.2, 0) is 19.6 Å². The molecule has 21 heavy (non-hydrogen) atoms. The van der Waals surface area contributed by atoms with Crippen molar-refractivity contribution in [2.24, 2.45) is 5.84 Å². The average Bonchev–Trinajstić information content (AvgIpc) is 2.91. The largest absolute Gasteiger partial charge is 0.290 e. The summed E-state index contributed by atoms with van der Waals surface area (Å²) in [5, 5.41) is 0. The second kappa shape index (κ2) is 5.63. The number of amides is 1. The molecule has 0 fully saturated rings. The van der Waals surface area contributed by atoms with E-state index in [1.54, 1.807) is 6.07 Å². The lowest BCUT2D eigenvalue weighted by Gasteiger charge is -2.16. The lowest BCUT2D eigenvalue weighted by atomic mass is 10.1. The number of nitrogens with one attached hydrogen (secondary N) is 1. The summed E-state index contributed by atoms with van der Waals surface area (Å²) in [6.07, 6.45) is 0. The van der Waals surface area contributed by atoms with Crippen molar-refractivity contribution in [1.82, 2.24) is 10.3 Å². The number of nitrogens with two attached hydrogens (primary N) is 1. The number of hydrogen-bond donors (Lipinski definition) is 2. The Hall–Kier alpha value is -2.24. The zero-order valence-corrected chi connectivity index (χ0v) is 11.5. The highest BCUT2D eigenvalue weighted by atomic mass is 19.1. The van der Waals surface area contributed by atoms with Gasteiger partial charge in [0.25, 0.3) is 5.91 Å². The van der Waals surface area contributed by atoms with E-state index < -0.39 is 5.91 Å². The van der Waals surface area contributed by atoms with Gasteiger partial charge >= 0.3 is 0 Å². The van der Waals surface area contributed by atoms with Crippen LogP contribution in [-0.4, -0.2) is 10.8 Å². The Morgan fingerprint density at radius 2 is 1.86 bits per heavy atom. The number of fused-ring (bicyclic) bond motifs is 1. The van der Waals surface area contributed by atoms with E-state index in [1.165, 1.54) is 23.3 Å². The summed E-state index contributed by atoms with van der Waals surface area (Å²) in [6, 6.07) is 12.5. The van der Waals surface area contributed by atoms with Crippen molar-refractivity contribution >= 4 is 5.91 Å². The highest BCUT2D eigenvalue weighted by Crippen LogP contribution is 2.24. The number of hydrogen-bond acceptors (Lipinski definition) is 3. The number of halogens is 1. The maximum Gasteiger partial charge on any atom is 0.265 e. The number of rotatable bonds is 3. The van der Waals surface area contributed by atoms with Crippen molar-refractivity contribution in [2.45, 2.75) is 19.6 Å². The van der Waals surface area contributed by atoms with Gasteiger partial charge in [0.15, 0.2) is 0 Å². The van der Waals surface area contributed by atoms with Crippen LogP contribution in [0, 0.1) is 5.82 Å². The van der Waals surface area contributed by atoms with Gasteiger partial charge in [-0.3, -0.25) is 15.1 Å². The molecule has 1 aliphatic rings. The van der Waals surface area contributed by atoms with E-state index in [0.717, 1.165) is 13.1 Å². The molecule has 1 amide bonds. The van der Waals surface area contributed by atoms with Gasteiger partial charge in [0.2, 0.25) is 0 Å². The van der Waals surface area contributed by atoms with E-state index in [9.17, 15) is 9.18 Å². The smallest absolute Gasteiger partial charge is 0.265 e. The third-order valence-electron chi connectivity index (χ3n) is 3.74. The first-order chi connectivity index (χ1) is 10.2. The Bertz CT molecular complexity index is 662. The summed E-state index contributed by atoms with van der Waals surface area (Å²) in [5.41, 5.74) is 5.47. The van der Waals surface area contributed by atoms with Crippen molar-refractivity contribution in [2.75, 3.05) is 0 Å². The quantitative estimate of drug-likeness (QED) is 0.515. The van der Waals surface area contributed by atoms with Crippen molar-refractivity contribution in [1.29, 1.82) is 0 Å². The first-order valence-corrected chi connectivity index (χ1v) is 6.76. The summed E-state index contributed by atoms with van der Waals surface area (Å²) in [6.45, 7) is 2.05. The molecule has 0 saturated heterocycles. The molecule has 3 rings (SSSR count). The minimum Gasteiger partial charge on any atom is -0.290 e. The highest BCUT2D eigenvalue weighted by molar-refractivity contribution is 5.93. The van der Waals surface area contributed by atoms with Crippen LogP contribution in [0.1, 0.15) is 27.0 Å². The van der Waals surface area contributed by atoms with Crippen LogP contribution in [0.3, 0.4) is 0 Å². The molecule has 0 spiro atoms. The first kappa shape index (κ1) is 13.7. The van der Waals surface area contributed by atoms with Gasteiger partial charge in [-0.2, -0.15) is 0 Å². The molecule has 0 aromatic heterocycles. The Balaban J connectivity index is 1.78. The van der Waals surface area contributed by atoms with Crippen LogP contribution in [0.2, 0.25) is 0 Å². The van der Waals surface area contributed by atoms with Gasteiger partial charge in [0.05, 0.1) is 0 Å². The minimum absolute atomic E-state index is 0.306. The molecule has 0 saturated carbocycles. The van der Waals surface area contributed by atoms with Gasteiger partial charge in [-0.05, 0) is 29.3 Å². The minimum atomic E-state index is -0.416. The van der Waals surface area contributed by atoms with Crippen LogP contribution in [0.5, 0.6) is 0 Å². The van der Waals surface area contributed by atoms with Crippen LogP contribution in [0.25, 0.3) is 0 Å². The van der Waals surface area contributed by atoms with Crippen LogP contribution in [0.4, 0.5) is 4.39 Å². The summed E-state index contributed by atoms with van der Waals surface area (Å²) >= 11 is 0. The predicted octanol–water partition coefficient (Wildman–Crippen LogP) is 1.94. The molecular formula is C16H16FN3O. The van der Waals surface area contributed by atoms with E-state index in [2.05, 4.69) is 22.5 Å². The van der Waals surface area contributed by atoms with Gasteiger partial charge < -0.3 is 0 Å². The highest BCUT2D eigenvalue weighted by Gasteiger charge is 2.20. The Morgan fingerprint density at radius 3 is 2.48 bits per heavy atom. The maximum absolute atomic E-state index is 13.9. The average molecular weight is 285 g/mol. The number of nitrogens with zero attached hydrogens (tertiary/aromatic N) is 1. The van der Waals surface area contributed by atoms with Gasteiger partial charge in [-0.15, -0.1) is 0 Å². The molecular weight excluding hydrogens is 269 g/mol. The van der Waals surface area contributed by atoms with Crippen molar-refractivity contribution in [3.8, 4) is 0 Å². The Morgan fingerprint density at radius 1 is 1.19 bits per heavy atom. The zero-order chi connectivity index (χ0) is 14.8. The summed E-state index contributed by atoms with van der Waals surface area (Å²) in [4.78, 5) is 13.7. The van der Waals surface area contributed by atoms with Crippen molar-refractivity contribution < 1.29 is 9.18 Å². The van der Waals surface area contributed by atoms with Crippen LogP contribution >= 0.6 is 0 Å². The molecule has 1 heterocycles. The molecule has 4 nitrogen and oxygen atoms in total. The van der Waals surface area contributed by atoms with Gasteiger partial charge in [-0.1, -0.05) is 24.3 Å². The second-order valence-electron chi connectivity index (χ2n) is 5.19. The molecule has 0 radical (unpaired) electrons. The number of hydrazine groups is 1. The molecule has 0 bridgehead atoms. The molecule has 0 unspecified atom stereocenters. The predicted molar refractivity (Wildman–Crippen MR) is 77.4 cm³/mol. The number of carbonyl (C=O) groups is 1. The monoisotopic (exact) mass is 285 g/mol. The van der Waals surface area contributed by atoms with Gasteiger partial charge in [0, 0.05) is 30.8 Å². The fourth-order valence-corrected chi connectivity index (χ4v) is 2.68. The molecule has 5 heteroatoms. The topological polar surface area (TPSA) is 58.4 Å². The molecule has 108 valence electrons. The number of benzene rings is 2. The van der Waals surface area contributed by atoms with Gasteiger partial charge in [-0.25, -0.2) is 10.2 Å². The summed E-state index contributed by atoms with van der Waals surface area (Å²) in [5.74, 6) is 4.39. The molecule has 2 aromatic carbocycles. The van der Waals surface area contributed by atoms with E-state index in [-0.39, 0.29) is 5.82 Å². The van der Waals surface area contributed by atoms with E-state index in [1.807, 2.05) is 12.1 Å². The van der Waals surface area contributed by atoms with Crippen LogP contribution in [0.15, 0.2) is 42.5 Å². The van der Waals surface area contributed by atoms with E-state index >= 15 is 0 Å². The van der Waals surface area contributed by atoms with Crippen LogP contribution < -0.4 is 11.3 Å². The fraction of sp³-hybridized carbons (Fsp3) is 0.188. The zero-order valence-electron chi connectivity index (χ0n) is 11.5. The maximum atomic E-state index is 13.9. The van der Waals surface area contributed by atoms with Gasteiger partial charge in [0.1, 0.15) is 5.82 Å². The number of carbonyl (C=O) groups excluding carboxylic acids is 1. The lowest BCUT2D eigenvalue weighted by molar-refractivity contribution is 0.0953. The molecule has 2 aromatic rings. The molecule has 3 N–H and O–H groups in total. The first-order valence-electron chi connectivity index (χ1n) is 6.76. The normalized spacial score (nSPS) is 14.0.